The standard InChI is InChI=1S/C15H14BrFN4O2S2/c1-3-13(15(22)20-10-4-5-12(17)11(16)8-10)21(2)25(23)19-9-14-18-6-7-24-14/h3-9H,1-2H3,(H,20,22)/b13-3-,19-9+. The highest BCUT2D eigenvalue weighted by Gasteiger charge is 2.23. The second-order valence-corrected chi connectivity index (χ2v) is 7.59. The van der Waals surface area contributed by atoms with Gasteiger partial charge in [0.25, 0.3) is 5.91 Å². The van der Waals surface area contributed by atoms with E-state index in [0.29, 0.717) is 10.7 Å². The highest BCUT2D eigenvalue weighted by Crippen LogP contribution is 2.21. The molecule has 1 unspecified atom stereocenters. The Labute approximate surface area is 160 Å². The van der Waals surface area contributed by atoms with E-state index in [2.05, 4.69) is 30.6 Å². The van der Waals surface area contributed by atoms with Crippen molar-refractivity contribution in [2.45, 2.75) is 6.92 Å². The Balaban J connectivity index is 2.06. The Hall–Kier alpha value is -1.75. The summed E-state index contributed by atoms with van der Waals surface area (Å²) in [6, 6.07) is 4.11. The summed E-state index contributed by atoms with van der Waals surface area (Å²) in [4.78, 5) is 16.4. The number of halogens is 2. The van der Waals surface area contributed by atoms with E-state index in [1.807, 2.05) is 0 Å². The van der Waals surface area contributed by atoms with Crippen molar-refractivity contribution in [3.63, 3.8) is 0 Å². The van der Waals surface area contributed by atoms with Crippen molar-refractivity contribution in [1.82, 2.24) is 9.29 Å². The molecule has 1 aromatic carbocycles. The van der Waals surface area contributed by atoms with Crippen molar-refractivity contribution in [1.29, 1.82) is 0 Å². The molecule has 0 fully saturated rings. The number of nitrogens with zero attached hydrogens (tertiary/aromatic N) is 3. The third-order valence-corrected chi connectivity index (χ3v) is 5.23. The van der Waals surface area contributed by atoms with Gasteiger partial charge in [-0.3, -0.25) is 4.79 Å². The zero-order valence-corrected chi connectivity index (χ0v) is 16.5. The van der Waals surface area contributed by atoms with Gasteiger partial charge in [0.1, 0.15) is 22.7 Å². The van der Waals surface area contributed by atoms with E-state index < -0.39 is 23.3 Å². The van der Waals surface area contributed by atoms with E-state index >= 15 is 0 Å². The molecule has 2 aromatic rings. The summed E-state index contributed by atoms with van der Waals surface area (Å²) in [5, 5.41) is 5.02. The van der Waals surface area contributed by atoms with Crippen molar-refractivity contribution in [3.05, 3.63) is 56.8 Å². The van der Waals surface area contributed by atoms with Crippen LogP contribution in [0.4, 0.5) is 10.1 Å². The predicted octanol–water partition coefficient (Wildman–Crippen LogP) is 3.52. The van der Waals surface area contributed by atoms with E-state index in [1.54, 1.807) is 18.5 Å². The van der Waals surface area contributed by atoms with E-state index in [4.69, 9.17) is 0 Å². The van der Waals surface area contributed by atoms with Crippen LogP contribution < -0.4 is 5.32 Å². The zero-order valence-electron chi connectivity index (χ0n) is 13.3. The fraction of sp³-hybridized carbons (Fsp3) is 0.133. The van der Waals surface area contributed by atoms with E-state index in [1.165, 1.54) is 53.2 Å². The number of thiazole rings is 1. The maximum Gasteiger partial charge on any atom is 0.276 e. The lowest BCUT2D eigenvalue weighted by atomic mass is 10.3. The second kappa shape index (κ2) is 9.09. The summed E-state index contributed by atoms with van der Waals surface area (Å²) in [7, 11) is 1.49. The van der Waals surface area contributed by atoms with E-state index in [0.717, 1.165) is 0 Å². The Morgan fingerprint density at radius 3 is 2.92 bits per heavy atom. The predicted molar refractivity (Wildman–Crippen MR) is 102 cm³/mol. The Kier molecular flexibility index (Phi) is 7.12. The highest BCUT2D eigenvalue weighted by molar-refractivity contribution is 9.10. The summed E-state index contributed by atoms with van der Waals surface area (Å²) < 4.78 is 30.9. The third kappa shape index (κ3) is 5.36. The molecular formula is C15H14BrFN4O2S2. The molecular weight excluding hydrogens is 431 g/mol. The quantitative estimate of drug-likeness (QED) is 0.419. The molecule has 1 N–H and O–H groups in total. The number of likely N-dealkylation sites (N-methyl/N-ethyl adjacent to an activating group) is 1. The molecule has 0 aliphatic rings. The van der Waals surface area contributed by atoms with Crippen LogP contribution in [0.25, 0.3) is 0 Å². The van der Waals surface area contributed by atoms with Gasteiger partial charge in [-0.25, -0.2) is 9.37 Å². The smallest absolute Gasteiger partial charge is 0.276 e. The number of hydrogen-bond donors (Lipinski definition) is 1. The monoisotopic (exact) mass is 444 g/mol. The average Bonchev–Trinajstić information content (AvgIpc) is 3.10. The lowest BCUT2D eigenvalue weighted by Crippen LogP contribution is -2.31. The molecule has 0 saturated heterocycles. The van der Waals surface area contributed by atoms with Gasteiger partial charge in [-0.15, -0.1) is 11.3 Å². The Bertz CT molecular complexity index is 799. The number of carbonyl (C=O) groups excluding carboxylic acids is 1. The van der Waals surface area contributed by atoms with Gasteiger partial charge in [0, 0.05) is 17.3 Å². The van der Waals surface area contributed by atoms with Crippen LogP contribution >= 0.6 is 27.3 Å². The van der Waals surface area contributed by atoms with Crippen molar-refractivity contribution in [3.8, 4) is 0 Å². The minimum absolute atomic E-state index is 0.162. The number of carbonyl (C=O) groups is 1. The first-order chi connectivity index (χ1) is 11.9. The van der Waals surface area contributed by atoms with Gasteiger partial charge in [0.2, 0.25) is 11.5 Å². The van der Waals surface area contributed by atoms with Gasteiger partial charge in [0.05, 0.1) is 11.5 Å². The van der Waals surface area contributed by atoms with Crippen LogP contribution in [0.2, 0.25) is 0 Å². The molecule has 1 amide bonds. The fourth-order valence-electron chi connectivity index (χ4n) is 1.77. The molecule has 1 aromatic heterocycles. The molecule has 0 saturated carbocycles. The summed E-state index contributed by atoms with van der Waals surface area (Å²) in [5.74, 6) is -0.916. The zero-order chi connectivity index (χ0) is 18.4. The molecule has 25 heavy (non-hydrogen) atoms. The molecule has 0 aliphatic heterocycles. The molecule has 0 aliphatic carbocycles. The molecule has 1 atom stereocenters. The number of aromatic nitrogens is 1. The number of anilines is 1. The lowest BCUT2D eigenvalue weighted by Gasteiger charge is -2.19. The lowest BCUT2D eigenvalue weighted by molar-refractivity contribution is -0.113. The van der Waals surface area contributed by atoms with Crippen LogP contribution in [0.15, 0.2) is 50.4 Å². The average molecular weight is 445 g/mol. The minimum Gasteiger partial charge on any atom is -0.566 e. The van der Waals surface area contributed by atoms with Gasteiger partial charge >= 0.3 is 0 Å². The van der Waals surface area contributed by atoms with Gasteiger partial charge in [-0.05, 0) is 45.5 Å². The van der Waals surface area contributed by atoms with E-state index in [9.17, 15) is 13.7 Å². The fourth-order valence-corrected chi connectivity index (χ4v) is 3.40. The maximum absolute atomic E-state index is 13.3. The summed E-state index contributed by atoms with van der Waals surface area (Å²) in [6.45, 7) is 1.65. The number of hydrogen-bond acceptors (Lipinski definition) is 6. The largest absolute Gasteiger partial charge is 0.566 e. The number of benzene rings is 1. The van der Waals surface area contributed by atoms with Crippen molar-refractivity contribution >= 4 is 56.6 Å². The van der Waals surface area contributed by atoms with Crippen molar-refractivity contribution in [2.24, 2.45) is 4.40 Å². The van der Waals surface area contributed by atoms with Crippen LogP contribution in [-0.4, -0.2) is 33.0 Å². The maximum atomic E-state index is 13.3. The van der Waals surface area contributed by atoms with Crippen molar-refractivity contribution < 1.29 is 13.7 Å². The first kappa shape index (κ1) is 19.6. The third-order valence-electron chi connectivity index (χ3n) is 2.96. The van der Waals surface area contributed by atoms with E-state index in [-0.39, 0.29) is 10.2 Å². The Morgan fingerprint density at radius 1 is 1.56 bits per heavy atom. The highest BCUT2D eigenvalue weighted by atomic mass is 79.9. The van der Waals surface area contributed by atoms with Crippen LogP contribution in [0.3, 0.4) is 0 Å². The number of rotatable bonds is 6. The van der Waals surface area contributed by atoms with Crippen LogP contribution in [0, 0.1) is 5.82 Å². The second-order valence-electron chi connectivity index (χ2n) is 4.59. The van der Waals surface area contributed by atoms with Gasteiger partial charge in [0.15, 0.2) is 0 Å². The first-order valence-electron chi connectivity index (χ1n) is 6.94. The molecule has 0 spiro atoms. The van der Waals surface area contributed by atoms with Crippen LogP contribution in [-0.2, 0) is 16.3 Å². The van der Waals surface area contributed by atoms with Crippen molar-refractivity contribution in [2.75, 3.05) is 12.4 Å². The summed E-state index contributed by atoms with van der Waals surface area (Å²) >= 11 is 2.62. The molecule has 0 bridgehead atoms. The SMILES string of the molecule is C/C=C(/C(=O)Nc1ccc(F)c(Br)c1)N(C)[S+]([O-])/N=C/c1nccs1. The molecule has 132 valence electrons. The first-order valence-corrected chi connectivity index (χ1v) is 9.68. The molecule has 0 radical (unpaired) electrons. The molecule has 10 heteroatoms. The van der Waals surface area contributed by atoms with Crippen LogP contribution in [0.1, 0.15) is 11.9 Å². The molecule has 6 nitrogen and oxygen atoms in total. The number of nitrogens with one attached hydrogen (secondary N) is 1. The summed E-state index contributed by atoms with van der Waals surface area (Å²) in [5.41, 5.74) is 0.568. The molecule has 1 heterocycles. The summed E-state index contributed by atoms with van der Waals surface area (Å²) in [6.07, 6.45) is 4.52. The Morgan fingerprint density at radius 2 is 2.32 bits per heavy atom. The minimum atomic E-state index is -1.79. The van der Waals surface area contributed by atoms with Gasteiger partial charge < -0.3 is 9.87 Å². The normalized spacial score (nSPS) is 13.1. The van der Waals surface area contributed by atoms with Gasteiger partial charge in [-0.2, -0.15) is 4.31 Å². The van der Waals surface area contributed by atoms with Crippen LogP contribution in [0.5, 0.6) is 0 Å². The topological polar surface area (TPSA) is 80.7 Å². The number of allylic oxidation sites excluding steroid dienone is 1. The number of amides is 1. The van der Waals surface area contributed by atoms with Gasteiger partial charge in [-0.1, -0.05) is 6.08 Å². The molecule has 2 rings (SSSR count).